The van der Waals surface area contributed by atoms with Crippen LogP contribution in [-0.4, -0.2) is 60.4 Å². The molecule has 2 rings (SSSR count). The molecule has 0 N–H and O–H groups in total. The summed E-state index contributed by atoms with van der Waals surface area (Å²) < 4.78 is 4.94. The van der Waals surface area contributed by atoms with Gasteiger partial charge in [-0.2, -0.15) is 0 Å². The molecule has 1 fully saturated rings. The summed E-state index contributed by atoms with van der Waals surface area (Å²) in [6, 6.07) is 7.20. The van der Waals surface area contributed by atoms with Gasteiger partial charge in [0.15, 0.2) is 5.78 Å². The zero-order valence-electron chi connectivity index (χ0n) is 14.0. The first-order valence-corrected chi connectivity index (χ1v) is 8.01. The minimum absolute atomic E-state index is 0.200. The summed E-state index contributed by atoms with van der Waals surface area (Å²) in [7, 11) is 0. The minimum Gasteiger partial charge on any atom is -0.450 e. The van der Waals surface area contributed by atoms with Crippen LogP contribution in [0.2, 0.25) is 0 Å². The number of allylic oxidation sites excluding steroid dienone is 1. The van der Waals surface area contributed by atoms with Crippen LogP contribution in [0.1, 0.15) is 22.8 Å². The van der Waals surface area contributed by atoms with E-state index in [1.54, 1.807) is 28.9 Å². The highest BCUT2D eigenvalue weighted by Crippen LogP contribution is 2.07. The number of aryl methyl sites for hydroxylation is 1. The molecule has 128 valence electrons. The summed E-state index contributed by atoms with van der Waals surface area (Å²) in [6.07, 6.45) is 2.24. The normalized spacial score (nSPS) is 14.8. The van der Waals surface area contributed by atoms with Gasteiger partial charge in [0.1, 0.15) is 0 Å². The SMILES string of the molecule is CCOC(=O)N1CCN(C(=O)/C=C/C(=O)c2ccc(C)cc2)CC1. The van der Waals surface area contributed by atoms with E-state index in [0.717, 1.165) is 5.56 Å². The van der Waals surface area contributed by atoms with Gasteiger partial charge in [-0.05, 0) is 19.9 Å². The summed E-state index contributed by atoms with van der Waals surface area (Å²) in [5.74, 6) is -0.424. The molecular formula is C18H22N2O4. The van der Waals surface area contributed by atoms with Crippen molar-refractivity contribution in [3.63, 3.8) is 0 Å². The third-order valence-corrected chi connectivity index (χ3v) is 3.83. The third kappa shape index (κ3) is 4.68. The molecule has 24 heavy (non-hydrogen) atoms. The molecule has 1 aromatic carbocycles. The number of amides is 2. The van der Waals surface area contributed by atoms with Crippen molar-refractivity contribution in [3.8, 4) is 0 Å². The van der Waals surface area contributed by atoms with E-state index in [4.69, 9.17) is 4.74 Å². The highest BCUT2D eigenvalue weighted by molar-refractivity contribution is 6.07. The molecule has 0 saturated carbocycles. The van der Waals surface area contributed by atoms with E-state index in [1.165, 1.54) is 12.2 Å². The van der Waals surface area contributed by atoms with Crippen molar-refractivity contribution in [3.05, 3.63) is 47.5 Å². The first-order valence-electron chi connectivity index (χ1n) is 8.01. The molecule has 0 atom stereocenters. The Bertz CT molecular complexity index is 629. The zero-order chi connectivity index (χ0) is 17.5. The van der Waals surface area contributed by atoms with Crippen molar-refractivity contribution in [2.75, 3.05) is 32.8 Å². The van der Waals surface area contributed by atoms with E-state index in [-0.39, 0.29) is 17.8 Å². The van der Waals surface area contributed by atoms with E-state index < -0.39 is 0 Å². The van der Waals surface area contributed by atoms with Crippen LogP contribution in [0.3, 0.4) is 0 Å². The van der Waals surface area contributed by atoms with Gasteiger partial charge in [-0.3, -0.25) is 9.59 Å². The molecule has 2 amide bonds. The maximum atomic E-state index is 12.1. The molecule has 0 radical (unpaired) electrons. The van der Waals surface area contributed by atoms with Crippen molar-refractivity contribution >= 4 is 17.8 Å². The third-order valence-electron chi connectivity index (χ3n) is 3.83. The van der Waals surface area contributed by atoms with Crippen molar-refractivity contribution < 1.29 is 19.1 Å². The van der Waals surface area contributed by atoms with Gasteiger partial charge in [-0.25, -0.2) is 4.79 Å². The van der Waals surface area contributed by atoms with Crippen LogP contribution in [0.4, 0.5) is 4.79 Å². The van der Waals surface area contributed by atoms with Gasteiger partial charge in [0.05, 0.1) is 6.61 Å². The average molecular weight is 330 g/mol. The van der Waals surface area contributed by atoms with Gasteiger partial charge in [0.25, 0.3) is 0 Å². The van der Waals surface area contributed by atoms with Crippen molar-refractivity contribution in [1.29, 1.82) is 0 Å². The van der Waals surface area contributed by atoms with Crippen LogP contribution in [0.25, 0.3) is 0 Å². The second-order valence-electron chi connectivity index (χ2n) is 5.57. The summed E-state index contributed by atoms with van der Waals surface area (Å²) in [4.78, 5) is 39.0. The molecule has 0 bridgehead atoms. The summed E-state index contributed by atoms with van der Waals surface area (Å²) in [5, 5.41) is 0. The van der Waals surface area contributed by atoms with Crippen molar-refractivity contribution in [2.24, 2.45) is 0 Å². The fraction of sp³-hybridized carbons (Fsp3) is 0.389. The fourth-order valence-corrected chi connectivity index (χ4v) is 2.39. The molecule has 1 aliphatic heterocycles. The second-order valence-corrected chi connectivity index (χ2v) is 5.57. The predicted molar refractivity (Wildman–Crippen MR) is 89.8 cm³/mol. The lowest BCUT2D eigenvalue weighted by molar-refractivity contribution is -0.127. The largest absolute Gasteiger partial charge is 0.450 e. The summed E-state index contributed by atoms with van der Waals surface area (Å²) in [6.45, 7) is 5.77. The average Bonchev–Trinajstić information content (AvgIpc) is 2.60. The van der Waals surface area contributed by atoms with E-state index in [2.05, 4.69) is 0 Å². The number of benzene rings is 1. The fourth-order valence-electron chi connectivity index (χ4n) is 2.39. The topological polar surface area (TPSA) is 66.9 Å². The molecule has 0 spiro atoms. The van der Waals surface area contributed by atoms with Crippen molar-refractivity contribution in [2.45, 2.75) is 13.8 Å². The number of nitrogens with zero attached hydrogens (tertiary/aromatic N) is 2. The monoisotopic (exact) mass is 330 g/mol. The van der Waals surface area contributed by atoms with Crippen LogP contribution in [0.15, 0.2) is 36.4 Å². The number of hydrogen-bond donors (Lipinski definition) is 0. The number of carbonyl (C=O) groups is 3. The molecule has 6 nitrogen and oxygen atoms in total. The Morgan fingerprint density at radius 2 is 1.58 bits per heavy atom. The van der Waals surface area contributed by atoms with Crippen LogP contribution >= 0.6 is 0 Å². The quantitative estimate of drug-likeness (QED) is 0.626. The standard InChI is InChI=1S/C18H22N2O4/c1-3-24-18(23)20-12-10-19(11-13-20)17(22)9-8-16(21)15-6-4-14(2)5-7-15/h4-9H,3,10-13H2,1-2H3/b9-8+. The smallest absolute Gasteiger partial charge is 0.409 e. The maximum Gasteiger partial charge on any atom is 0.409 e. The van der Waals surface area contributed by atoms with Gasteiger partial charge in [0.2, 0.25) is 5.91 Å². The van der Waals surface area contributed by atoms with Crippen LogP contribution in [0, 0.1) is 6.92 Å². The molecule has 0 aliphatic carbocycles. The zero-order valence-corrected chi connectivity index (χ0v) is 14.0. The molecule has 0 unspecified atom stereocenters. The Kier molecular flexibility index (Phi) is 6.12. The Balaban J connectivity index is 1.86. The highest BCUT2D eigenvalue weighted by Gasteiger charge is 2.23. The maximum absolute atomic E-state index is 12.1. The molecule has 6 heteroatoms. The Morgan fingerprint density at radius 1 is 1.00 bits per heavy atom. The second kappa shape index (κ2) is 8.29. The van der Waals surface area contributed by atoms with Crippen LogP contribution in [-0.2, 0) is 9.53 Å². The number of ketones is 1. The van der Waals surface area contributed by atoms with E-state index in [0.29, 0.717) is 38.3 Å². The van der Waals surface area contributed by atoms with Gasteiger partial charge in [0, 0.05) is 37.8 Å². The lowest BCUT2D eigenvalue weighted by Crippen LogP contribution is -2.50. The highest BCUT2D eigenvalue weighted by atomic mass is 16.6. The molecule has 1 saturated heterocycles. The number of carbonyl (C=O) groups excluding carboxylic acids is 3. The number of hydrogen-bond acceptors (Lipinski definition) is 4. The first kappa shape index (κ1) is 17.7. The molecular weight excluding hydrogens is 308 g/mol. The summed E-state index contributed by atoms with van der Waals surface area (Å²) in [5.41, 5.74) is 1.63. The number of ether oxygens (including phenoxy) is 1. The lowest BCUT2D eigenvalue weighted by atomic mass is 10.1. The number of piperazine rings is 1. The summed E-state index contributed by atoms with van der Waals surface area (Å²) >= 11 is 0. The van der Waals surface area contributed by atoms with E-state index >= 15 is 0 Å². The van der Waals surface area contributed by atoms with Gasteiger partial charge in [-0.1, -0.05) is 29.8 Å². The minimum atomic E-state index is -0.352. The van der Waals surface area contributed by atoms with Gasteiger partial charge >= 0.3 is 6.09 Å². The Morgan fingerprint density at radius 3 is 2.17 bits per heavy atom. The first-order chi connectivity index (χ1) is 11.5. The van der Waals surface area contributed by atoms with Crippen molar-refractivity contribution in [1.82, 2.24) is 9.80 Å². The number of rotatable bonds is 4. The molecule has 0 aromatic heterocycles. The van der Waals surface area contributed by atoms with E-state index in [1.807, 2.05) is 19.1 Å². The van der Waals surface area contributed by atoms with E-state index in [9.17, 15) is 14.4 Å². The van der Waals surface area contributed by atoms with Crippen LogP contribution in [0.5, 0.6) is 0 Å². The predicted octanol–water partition coefficient (Wildman–Crippen LogP) is 2.03. The van der Waals surface area contributed by atoms with Gasteiger partial charge in [-0.15, -0.1) is 0 Å². The van der Waals surface area contributed by atoms with Gasteiger partial charge < -0.3 is 14.5 Å². The molecule has 1 aliphatic rings. The van der Waals surface area contributed by atoms with Crippen LogP contribution < -0.4 is 0 Å². The molecule has 1 heterocycles. The Labute approximate surface area is 141 Å². The Hall–Kier alpha value is -2.63. The lowest BCUT2D eigenvalue weighted by Gasteiger charge is -2.33. The molecule has 1 aromatic rings.